The largest absolute Gasteiger partial charge is 0.507 e. The molecule has 1 atom stereocenters. The van der Waals surface area contributed by atoms with Crippen molar-refractivity contribution in [3.8, 4) is 5.75 Å². The van der Waals surface area contributed by atoms with Crippen LogP contribution in [0.1, 0.15) is 22.7 Å². The Morgan fingerprint density at radius 2 is 1.59 bits per heavy atom. The van der Waals surface area contributed by atoms with Crippen molar-refractivity contribution in [1.29, 1.82) is 0 Å². The van der Waals surface area contributed by atoms with Gasteiger partial charge in [0.25, 0.3) is 11.7 Å². The van der Waals surface area contributed by atoms with E-state index in [2.05, 4.69) is 0 Å². The number of benzene rings is 4. The first-order valence-corrected chi connectivity index (χ1v) is 11.0. The molecule has 0 aromatic heterocycles. The second-order valence-electron chi connectivity index (χ2n) is 8.25. The van der Waals surface area contributed by atoms with Crippen LogP contribution in [0.3, 0.4) is 0 Å². The zero-order valence-electron chi connectivity index (χ0n) is 18.6. The molecule has 168 valence electrons. The Kier molecular flexibility index (Phi) is 5.60. The highest BCUT2D eigenvalue weighted by Crippen LogP contribution is 2.40. The number of aliphatic hydroxyl groups is 1. The molecule has 5 rings (SSSR count). The number of ketones is 1. The normalized spacial score (nSPS) is 17.3. The van der Waals surface area contributed by atoms with Gasteiger partial charge in [0.1, 0.15) is 11.5 Å². The number of hydrogen-bond donors (Lipinski definition) is 1. The van der Waals surface area contributed by atoms with E-state index in [1.807, 2.05) is 91.0 Å². The molecular formula is C29H23NO4. The summed E-state index contributed by atoms with van der Waals surface area (Å²) in [5.41, 5.74) is 2.17. The molecule has 1 aliphatic heterocycles. The van der Waals surface area contributed by atoms with E-state index >= 15 is 0 Å². The van der Waals surface area contributed by atoms with Crippen LogP contribution in [0.4, 0.5) is 0 Å². The van der Waals surface area contributed by atoms with Crippen molar-refractivity contribution in [1.82, 2.24) is 4.90 Å². The SMILES string of the molecule is COc1cccc(CN2C(=O)C(=O)/C(=C(\O)c3ccc4ccccc4c3)C2c2ccccc2)c1. The van der Waals surface area contributed by atoms with Gasteiger partial charge in [0.05, 0.1) is 18.7 Å². The first-order valence-electron chi connectivity index (χ1n) is 11.0. The van der Waals surface area contributed by atoms with Crippen LogP contribution >= 0.6 is 0 Å². The van der Waals surface area contributed by atoms with Crippen molar-refractivity contribution < 1.29 is 19.4 Å². The summed E-state index contributed by atoms with van der Waals surface area (Å²) < 4.78 is 5.31. The summed E-state index contributed by atoms with van der Waals surface area (Å²) in [6.45, 7) is 0.204. The molecule has 4 aromatic carbocycles. The third-order valence-electron chi connectivity index (χ3n) is 6.17. The minimum Gasteiger partial charge on any atom is -0.507 e. The molecule has 1 fully saturated rings. The Labute approximate surface area is 197 Å². The minimum absolute atomic E-state index is 0.0920. The Bertz CT molecular complexity index is 1420. The number of ether oxygens (including phenoxy) is 1. The molecule has 4 aromatic rings. The summed E-state index contributed by atoms with van der Waals surface area (Å²) in [5, 5.41) is 13.3. The third-order valence-corrected chi connectivity index (χ3v) is 6.17. The molecule has 1 saturated heterocycles. The van der Waals surface area contributed by atoms with E-state index in [-0.39, 0.29) is 17.9 Å². The Hall–Kier alpha value is -4.38. The van der Waals surface area contributed by atoms with Crippen LogP contribution in [-0.2, 0) is 16.1 Å². The Morgan fingerprint density at radius 1 is 0.853 bits per heavy atom. The number of nitrogens with zero attached hydrogens (tertiary/aromatic N) is 1. The summed E-state index contributed by atoms with van der Waals surface area (Å²) in [5.74, 6) is -0.839. The van der Waals surface area contributed by atoms with E-state index in [0.717, 1.165) is 21.9 Å². The average Bonchev–Trinajstić information content (AvgIpc) is 3.13. The monoisotopic (exact) mass is 449 g/mol. The lowest BCUT2D eigenvalue weighted by molar-refractivity contribution is -0.140. The van der Waals surface area contributed by atoms with Crippen LogP contribution in [0.5, 0.6) is 5.75 Å². The molecule has 0 radical (unpaired) electrons. The first kappa shape index (κ1) is 21.5. The molecule has 34 heavy (non-hydrogen) atoms. The number of aliphatic hydroxyl groups excluding tert-OH is 1. The number of carbonyl (C=O) groups is 2. The molecule has 5 heteroatoms. The molecule has 1 amide bonds. The van der Waals surface area contributed by atoms with E-state index in [4.69, 9.17) is 4.74 Å². The topological polar surface area (TPSA) is 66.8 Å². The van der Waals surface area contributed by atoms with Crippen LogP contribution in [0.2, 0.25) is 0 Å². The highest BCUT2D eigenvalue weighted by atomic mass is 16.5. The summed E-state index contributed by atoms with van der Waals surface area (Å²) >= 11 is 0. The van der Waals surface area contributed by atoms with Gasteiger partial charge in [-0.1, -0.05) is 78.9 Å². The van der Waals surface area contributed by atoms with Gasteiger partial charge in [-0.15, -0.1) is 0 Å². The standard InChI is InChI=1S/C29H23NO4/c1-34-24-13-7-8-19(16-24)18-30-26(21-10-3-2-4-11-21)25(28(32)29(30)33)27(31)23-15-14-20-9-5-6-12-22(20)17-23/h2-17,26,31H,18H2,1H3/b27-25-. The van der Waals surface area contributed by atoms with Crippen LogP contribution in [0.15, 0.2) is 103 Å². The van der Waals surface area contributed by atoms with Crippen LogP contribution in [0, 0.1) is 0 Å². The number of amides is 1. The summed E-state index contributed by atoms with van der Waals surface area (Å²) in [7, 11) is 1.58. The summed E-state index contributed by atoms with van der Waals surface area (Å²) in [6.07, 6.45) is 0. The van der Waals surface area contributed by atoms with E-state index in [1.54, 1.807) is 13.2 Å². The summed E-state index contributed by atoms with van der Waals surface area (Å²) in [6, 6.07) is 29.3. The van der Waals surface area contributed by atoms with Crippen molar-refractivity contribution >= 4 is 28.2 Å². The number of likely N-dealkylation sites (tertiary alicyclic amines) is 1. The molecule has 5 nitrogen and oxygen atoms in total. The highest BCUT2D eigenvalue weighted by molar-refractivity contribution is 6.46. The molecule has 0 saturated carbocycles. The van der Waals surface area contributed by atoms with E-state index < -0.39 is 17.7 Å². The van der Waals surface area contributed by atoms with Gasteiger partial charge in [-0.05, 0) is 40.1 Å². The zero-order chi connectivity index (χ0) is 23.7. The highest BCUT2D eigenvalue weighted by Gasteiger charge is 2.46. The average molecular weight is 450 g/mol. The maximum absolute atomic E-state index is 13.3. The Morgan fingerprint density at radius 3 is 2.35 bits per heavy atom. The number of hydrogen-bond acceptors (Lipinski definition) is 4. The van der Waals surface area contributed by atoms with Crippen molar-refractivity contribution in [2.45, 2.75) is 12.6 Å². The number of methoxy groups -OCH3 is 1. The number of carbonyl (C=O) groups excluding carboxylic acids is 2. The molecule has 1 aliphatic rings. The quantitative estimate of drug-likeness (QED) is 0.249. The lowest BCUT2D eigenvalue weighted by Gasteiger charge is -2.25. The Balaban J connectivity index is 1.64. The number of rotatable bonds is 5. The second kappa shape index (κ2) is 8.87. The van der Waals surface area contributed by atoms with Crippen LogP contribution in [-0.4, -0.2) is 28.8 Å². The molecule has 1 unspecified atom stereocenters. The van der Waals surface area contributed by atoms with E-state index in [9.17, 15) is 14.7 Å². The molecule has 1 N–H and O–H groups in total. The van der Waals surface area contributed by atoms with Gasteiger partial charge in [-0.3, -0.25) is 9.59 Å². The van der Waals surface area contributed by atoms with Gasteiger partial charge in [0.15, 0.2) is 0 Å². The first-order chi connectivity index (χ1) is 16.6. The minimum atomic E-state index is -0.709. The summed E-state index contributed by atoms with van der Waals surface area (Å²) in [4.78, 5) is 28.0. The fourth-order valence-electron chi connectivity index (χ4n) is 4.48. The third kappa shape index (κ3) is 3.82. The lowest BCUT2D eigenvalue weighted by Crippen LogP contribution is -2.29. The van der Waals surface area contributed by atoms with Crippen molar-refractivity contribution in [2.24, 2.45) is 0 Å². The van der Waals surface area contributed by atoms with Crippen molar-refractivity contribution in [2.75, 3.05) is 7.11 Å². The van der Waals surface area contributed by atoms with Gasteiger partial charge in [0, 0.05) is 12.1 Å². The predicted octanol–water partition coefficient (Wildman–Crippen LogP) is 5.47. The van der Waals surface area contributed by atoms with E-state index in [1.165, 1.54) is 4.90 Å². The molecular weight excluding hydrogens is 426 g/mol. The molecule has 1 heterocycles. The van der Waals surface area contributed by atoms with Gasteiger partial charge >= 0.3 is 0 Å². The number of Topliss-reactive ketones (excluding diaryl/α,β-unsaturated/α-hetero) is 1. The molecule has 0 bridgehead atoms. The van der Waals surface area contributed by atoms with Crippen LogP contribution in [0.25, 0.3) is 16.5 Å². The van der Waals surface area contributed by atoms with Crippen molar-refractivity contribution in [3.05, 3.63) is 119 Å². The van der Waals surface area contributed by atoms with Crippen LogP contribution < -0.4 is 4.74 Å². The molecule has 0 aliphatic carbocycles. The smallest absolute Gasteiger partial charge is 0.295 e. The maximum atomic E-state index is 13.3. The fourth-order valence-corrected chi connectivity index (χ4v) is 4.48. The van der Waals surface area contributed by atoms with E-state index in [0.29, 0.717) is 11.3 Å². The lowest BCUT2D eigenvalue weighted by atomic mass is 9.94. The van der Waals surface area contributed by atoms with Gasteiger partial charge < -0.3 is 14.7 Å². The maximum Gasteiger partial charge on any atom is 0.295 e. The fraction of sp³-hybridized carbons (Fsp3) is 0.103. The second-order valence-corrected chi connectivity index (χ2v) is 8.25. The van der Waals surface area contributed by atoms with Gasteiger partial charge in [0.2, 0.25) is 0 Å². The zero-order valence-corrected chi connectivity index (χ0v) is 18.6. The number of fused-ring (bicyclic) bond motifs is 1. The van der Waals surface area contributed by atoms with Crippen molar-refractivity contribution in [3.63, 3.8) is 0 Å². The predicted molar refractivity (Wildman–Crippen MR) is 131 cm³/mol. The van der Waals surface area contributed by atoms with Gasteiger partial charge in [-0.2, -0.15) is 0 Å². The van der Waals surface area contributed by atoms with Gasteiger partial charge in [-0.25, -0.2) is 0 Å². The molecule has 0 spiro atoms.